The van der Waals surface area contributed by atoms with Crippen LogP contribution in [-0.2, 0) is 9.59 Å². The van der Waals surface area contributed by atoms with Crippen LogP contribution in [0.5, 0.6) is 11.5 Å². The number of hydrogen-bond acceptors (Lipinski definition) is 7. The van der Waals surface area contributed by atoms with Gasteiger partial charge in [0.15, 0.2) is 5.82 Å². The van der Waals surface area contributed by atoms with Gasteiger partial charge in [0.2, 0.25) is 11.8 Å². The minimum Gasteiger partial charge on any atom is -0.497 e. The number of carbonyl (C=O) groups excluding carboxylic acids is 2. The van der Waals surface area contributed by atoms with E-state index in [0.717, 1.165) is 5.56 Å². The van der Waals surface area contributed by atoms with Gasteiger partial charge < -0.3 is 24.6 Å². The number of hydrogen-bond donors (Lipinski definition) is 2. The molecule has 0 radical (unpaired) electrons. The lowest BCUT2D eigenvalue weighted by Gasteiger charge is -2.18. The fourth-order valence-corrected chi connectivity index (χ4v) is 3.16. The summed E-state index contributed by atoms with van der Waals surface area (Å²) in [4.78, 5) is 24.5. The van der Waals surface area contributed by atoms with Crippen LogP contribution in [0.25, 0.3) is 0 Å². The average Bonchev–Trinajstić information content (AvgIpc) is 3.09. The molecule has 1 aromatic carbocycles. The van der Waals surface area contributed by atoms with Crippen LogP contribution in [0.1, 0.15) is 31.2 Å². The Labute approximate surface area is 168 Å². The number of carbonyl (C=O) groups is 2. The molecule has 0 aliphatic rings. The van der Waals surface area contributed by atoms with Crippen molar-refractivity contribution in [2.45, 2.75) is 32.1 Å². The van der Waals surface area contributed by atoms with Crippen molar-refractivity contribution in [1.29, 1.82) is 0 Å². The second-order valence-electron chi connectivity index (χ2n) is 6.16. The second kappa shape index (κ2) is 10.0. The van der Waals surface area contributed by atoms with Gasteiger partial charge in [-0.05, 0) is 39.0 Å². The van der Waals surface area contributed by atoms with E-state index in [9.17, 15) is 9.59 Å². The molecular weight excluding hydrogens is 382 g/mol. The third-order valence-electron chi connectivity index (χ3n) is 3.99. The number of nitrogens with one attached hydrogen (secondary N) is 2. The number of benzene rings is 1. The van der Waals surface area contributed by atoms with Crippen molar-refractivity contribution in [2.75, 3.05) is 25.3 Å². The van der Waals surface area contributed by atoms with E-state index >= 15 is 0 Å². The maximum absolute atomic E-state index is 12.3. The number of aryl methyl sites for hydroxylation is 1. The predicted octanol–water partition coefficient (Wildman–Crippen LogP) is 2.94. The predicted molar refractivity (Wildman–Crippen MR) is 108 cm³/mol. The molecule has 2 atom stereocenters. The molecule has 0 fully saturated rings. The molecule has 0 spiro atoms. The molecule has 0 aliphatic carbocycles. The highest BCUT2D eigenvalue weighted by Gasteiger charge is 2.19. The number of anilines is 1. The molecule has 152 valence electrons. The van der Waals surface area contributed by atoms with Crippen LogP contribution in [0.4, 0.5) is 5.82 Å². The van der Waals surface area contributed by atoms with Crippen LogP contribution in [0.3, 0.4) is 0 Å². The van der Waals surface area contributed by atoms with Crippen LogP contribution in [0.2, 0.25) is 0 Å². The maximum Gasteiger partial charge on any atom is 0.238 e. The van der Waals surface area contributed by atoms with Crippen molar-refractivity contribution in [2.24, 2.45) is 0 Å². The van der Waals surface area contributed by atoms with Gasteiger partial charge in [0.25, 0.3) is 0 Å². The Hall–Kier alpha value is -2.68. The third-order valence-corrected chi connectivity index (χ3v) is 5.14. The Bertz CT molecular complexity index is 824. The Morgan fingerprint density at radius 2 is 1.96 bits per heavy atom. The molecule has 2 aromatic rings. The van der Waals surface area contributed by atoms with E-state index in [2.05, 4.69) is 15.8 Å². The highest BCUT2D eigenvalue weighted by atomic mass is 32.2. The molecule has 1 heterocycles. The molecule has 8 nitrogen and oxygen atoms in total. The summed E-state index contributed by atoms with van der Waals surface area (Å²) >= 11 is 1.24. The van der Waals surface area contributed by atoms with E-state index < -0.39 is 5.25 Å². The van der Waals surface area contributed by atoms with E-state index in [-0.39, 0.29) is 23.6 Å². The van der Waals surface area contributed by atoms with Gasteiger partial charge in [-0.2, -0.15) is 0 Å². The van der Waals surface area contributed by atoms with Gasteiger partial charge in [-0.15, -0.1) is 11.8 Å². The van der Waals surface area contributed by atoms with E-state index in [0.29, 0.717) is 23.1 Å². The normalized spacial score (nSPS) is 12.8. The monoisotopic (exact) mass is 407 g/mol. The lowest BCUT2D eigenvalue weighted by Crippen LogP contribution is -2.30. The first-order chi connectivity index (χ1) is 13.3. The van der Waals surface area contributed by atoms with Crippen molar-refractivity contribution < 1.29 is 23.6 Å². The summed E-state index contributed by atoms with van der Waals surface area (Å²) in [6, 6.07) is 6.77. The summed E-state index contributed by atoms with van der Waals surface area (Å²) in [6.45, 7) is 5.33. The molecule has 2 rings (SSSR count). The first-order valence-corrected chi connectivity index (χ1v) is 9.76. The molecule has 0 aliphatic heterocycles. The fraction of sp³-hybridized carbons (Fsp3) is 0.421. The zero-order valence-corrected chi connectivity index (χ0v) is 17.4. The zero-order chi connectivity index (χ0) is 20.7. The quantitative estimate of drug-likeness (QED) is 0.659. The van der Waals surface area contributed by atoms with Crippen LogP contribution in [0.15, 0.2) is 28.8 Å². The van der Waals surface area contributed by atoms with Gasteiger partial charge in [-0.3, -0.25) is 9.59 Å². The number of methoxy groups -OCH3 is 2. The van der Waals surface area contributed by atoms with E-state index in [1.54, 1.807) is 46.3 Å². The topological polar surface area (TPSA) is 103 Å². The van der Waals surface area contributed by atoms with E-state index in [1.807, 2.05) is 13.0 Å². The van der Waals surface area contributed by atoms with Crippen LogP contribution >= 0.6 is 11.8 Å². The van der Waals surface area contributed by atoms with Gasteiger partial charge in [-0.25, -0.2) is 0 Å². The standard InChI is InChI=1S/C19H25N3O5S/c1-11-8-17(22-27-11)21-19(24)13(3)28-10-18(23)20-12(2)15-9-14(25-4)6-7-16(15)26-5/h6-9,12-13H,10H2,1-5H3,(H,20,23)(H,21,22,24)/t12-,13-/m0/s1. The molecule has 0 saturated carbocycles. The highest BCUT2D eigenvalue weighted by Crippen LogP contribution is 2.29. The number of amides is 2. The Morgan fingerprint density at radius 3 is 2.57 bits per heavy atom. The molecule has 9 heteroatoms. The molecular formula is C19H25N3O5S. The van der Waals surface area contributed by atoms with Crippen molar-refractivity contribution in [3.63, 3.8) is 0 Å². The number of aromatic nitrogens is 1. The molecule has 1 aromatic heterocycles. The van der Waals surface area contributed by atoms with Gasteiger partial charge in [0.05, 0.1) is 31.3 Å². The van der Waals surface area contributed by atoms with Crippen molar-refractivity contribution in [3.05, 3.63) is 35.6 Å². The van der Waals surface area contributed by atoms with Crippen molar-refractivity contribution >= 4 is 29.4 Å². The molecule has 2 N–H and O–H groups in total. The Morgan fingerprint density at radius 1 is 1.21 bits per heavy atom. The van der Waals surface area contributed by atoms with Crippen LogP contribution in [-0.4, -0.2) is 42.2 Å². The van der Waals surface area contributed by atoms with Crippen LogP contribution < -0.4 is 20.1 Å². The summed E-state index contributed by atoms with van der Waals surface area (Å²) in [5.74, 6) is 2.03. The SMILES string of the molecule is COc1ccc(OC)c([C@H](C)NC(=O)CS[C@@H](C)C(=O)Nc2cc(C)on2)c1. The number of nitrogens with zero attached hydrogens (tertiary/aromatic N) is 1. The lowest BCUT2D eigenvalue weighted by atomic mass is 10.1. The van der Waals surface area contributed by atoms with Gasteiger partial charge >= 0.3 is 0 Å². The van der Waals surface area contributed by atoms with Crippen LogP contribution in [0, 0.1) is 6.92 Å². The maximum atomic E-state index is 12.3. The number of rotatable bonds is 9. The first kappa shape index (κ1) is 21.6. The number of thioether (sulfide) groups is 1. The minimum absolute atomic E-state index is 0.142. The summed E-state index contributed by atoms with van der Waals surface area (Å²) in [5.41, 5.74) is 0.812. The lowest BCUT2D eigenvalue weighted by molar-refractivity contribution is -0.119. The molecule has 0 bridgehead atoms. The molecule has 0 saturated heterocycles. The van der Waals surface area contributed by atoms with Crippen molar-refractivity contribution in [1.82, 2.24) is 10.5 Å². The number of ether oxygens (including phenoxy) is 2. The summed E-state index contributed by atoms with van der Waals surface area (Å²) in [5, 5.41) is 8.86. The van der Waals surface area contributed by atoms with Gasteiger partial charge in [0, 0.05) is 11.6 Å². The molecule has 0 unspecified atom stereocenters. The smallest absolute Gasteiger partial charge is 0.238 e. The molecule has 2 amide bonds. The first-order valence-electron chi connectivity index (χ1n) is 8.71. The van der Waals surface area contributed by atoms with Gasteiger partial charge in [-0.1, -0.05) is 5.16 Å². The Balaban J connectivity index is 1.87. The fourth-order valence-electron chi connectivity index (χ4n) is 2.47. The molecule has 28 heavy (non-hydrogen) atoms. The third kappa shape index (κ3) is 5.91. The summed E-state index contributed by atoms with van der Waals surface area (Å²) in [6.07, 6.45) is 0. The van der Waals surface area contributed by atoms with E-state index in [4.69, 9.17) is 14.0 Å². The minimum atomic E-state index is -0.426. The summed E-state index contributed by atoms with van der Waals surface area (Å²) in [7, 11) is 3.16. The highest BCUT2D eigenvalue weighted by molar-refractivity contribution is 8.01. The van der Waals surface area contributed by atoms with Crippen molar-refractivity contribution in [3.8, 4) is 11.5 Å². The zero-order valence-electron chi connectivity index (χ0n) is 16.6. The van der Waals surface area contributed by atoms with E-state index in [1.165, 1.54) is 11.8 Å². The second-order valence-corrected chi connectivity index (χ2v) is 7.49. The average molecular weight is 407 g/mol. The largest absolute Gasteiger partial charge is 0.497 e. The van der Waals surface area contributed by atoms with Gasteiger partial charge in [0.1, 0.15) is 17.3 Å². The Kier molecular flexibility index (Phi) is 7.74. The summed E-state index contributed by atoms with van der Waals surface area (Å²) < 4.78 is 15.5.